The molecule has 19 heteroatoms. The molecule has 1 saturated heterocycles. The number of ether oxygens (including phenoxy) is 1. The molecule has 6 aromatic rings. The van der Waals surface area contributed by atoms with Crippen LogP contribution in [-0.4, -0.2) is 80.0 Å². The minimum atomic E-state index is -1.12. The number of imide groups is 2. The van der Waals surface area contributed by atoms with Gasteiger partial charge in [0.15, 0.2) is 12.4 Å². The van der Waals surface area contributed by atoms with Crippen LogP contribution in [0.1, 0.15) is 84.8 Å². The molecule has 17 nitrogen and oxygen atoms in total. The maximum absolute atomic E-state index is 13.5. The number of aromatic nitrogens is 3. The topological polar surface area (TPSA) is 219 Å². The molecular formula is C48H41ClN10O7S. The molecular weight excluding hydrogens is 896 g/mol. The highest BCUT2D eigenvalue weighted by Crippen LogP contribution is 2.40. The molecule has 0 aliphatic carbocycles. The molecule has 338 valence electrons. The molecule has 1 unspecified atom stereocenters. The molecule has 2 atom stereocenters. The van der Waals surface area contributed by atoms with Gasteiger partial charge in [-0.1, -0.05) is 41.9 Å². The summed E-state index contributed by atoms with van der Waals surface area (Å²) >= 11 is 7.90. The van der Waals surface area contributed by atoms with Crippen LogP contribution in [0.2, 0.25) is 5.02 Å². The number of nitrogens with zero attached hydrogens (tertiary/aromatic N) is 7. The maximum atomic E-state index is 13.5. The number of piperidine rings is 1. The first-order chi connectivity index (χ1) is 32.3. The molecule has 3 N–H and O–H groups in total. The number of carbonyl (C=O) groups is 6. The first-order valence-corrected chi connectivity index (χ1v) is 22.5. The number of amides is 6. The van der Waals surface area contributed by atoms with Crippen LogP contribution in [0, 0.1) is 20.8 Å². The van der Waals surface area contributed by atoms with Gasteiger partial charge in [-0.2, -0.15) is 10.2 Å². The van der Waals surface area contributed by atoms with Gasteiger partial charge in [0.05, 0.1) is 34.6 Å². The van der Waals surface area contributed by atoms with E-state index in [1.54, 1.807) is 35.6 Å². The molecule has 0 saturated carbocycles. The number of rotatable bonds is 13. The number of nitrogens with one attached hydrogen (secondary N) is 3. The van der Waals surface area contributed by atoms with Gasteiger partial charge in [0.1, 0.15) is 28.7 Å². The summed E-state index contributed by atoms with van der Waals surface area (Å²) in [5.41, 5.74) is 6.42. The van der Waals surface area contributed by atoms with E-state index in [2.05, 4.69) is 50.2 Å². The van der Waals surface area contributed by atoms with Crippen molar-refractivity contribution < 1.29 is 33.5 Å². The Morgan fingerprint density at radius 1 is 0.866 bits per heavy atom. The van der Waals surface area contributed by atoms with Gasteiger partial charge in [-0.25, -0.2) is 0 Å². The number of aliphatic imine (C=N–C) groups is 1. The molecule has 9 rings (SSSR count). The van der Waals surface area contributed by atoms with Gasteiger partial charge in [-0.3, -0.25) is 48.5 Å². The molecule has 5 heterocycles. The van der Waals surface area contributed by atoms with Gasteiger partial charge in [-0.05, 0) is 105 Å². The zero-order chi connectivity index (χ0) is 46.9. The molecule has 67 heavy (non-hydrogen) atoms. The third-order valence-electron chi connectivity index (χ3n) is 11.6. The Balaban J connectivity index is 0.760. The number of hydrogen-bond donors (Lipinski definition) is 3. The Hall–Kier alpha value is -7.70. The monoisotopic (exact) mass is 936 g/mol. The van der Waals surface area contributed by atoms with Crippen molar-refractivity contribution in [3.05, 3.63) is 146 Å². The summed E-state index contributed by atoms with van der Waals surface area (Å²) in [6.45, 7) is 6.02. The predicted molar refractivity (Wildman–Crippen MR) is 249 cm³/mol. The Morgan fingerprint density at radius 3 is 2.30 bits per heavy atom. The lowest BCUT2D eigenvalue weighted by molar-refractivity contribution is -0.136. The van der Waals surface area contributed by atoms with E-state index < -0.39 is 48.2 Å². The number of hydrogen-bond acceptors (Lipinski definition) is 13. The first kappa shape index (κ1) is 44.5. The second-order valence-electron chi connectivity index (χ2n) is 16.1. The summed E-state index contributed by atoms with van der Waals surface area (Å²) in [7, 11) is 0. The van der Waals surface area contributed by atoms with Crippen molar-refractivity contribution in [3.63, 3.8) is 0 Å². The first-order valence-electron chi connectivity index (χ1n) is 21.3. The summed E-state index contributed by atoms with van der Waals surface area (Å²) in [6.07, 6.45) is 0.687. The molecule has 1 fully saturated rings. The number of aryl methyl sites for hydroxylation is 2. The van der Waals surface area contributed by atoms with E-state index in [-0.39, 0.29) is 42.0 Å². The highest BCUT2D eigenvalue weighted by atomic mass is 35.5. The zero-order valence-electron chi connectivity index (χ0n) is 36.3. The fraction of sp³-hybridized carbons (Fsp3) is 0.229. The van der Waals surface area contributed by atoms with E-state index in [9.17, 15) is 28.8 Å². The Kier molecular flexibility index (Phi) is 12.4. The summed E-state index contributed by atoms with van der Waals surface area (Å²) in [5, 5.41) is 27.1. The van der Waals surface area contributed by atoms with E-state index in [0.717, 1.165) is 43.7 Å². The van der Waals surface area contributed by atoms with E-state index in [1.807, 2.05) is 60.0 Å². The van der Waals surface area contributed by atoms with E-state index >= 15 is 0 Å². The predicted octanol–water partition coefficient (Wildman–Crippen LogP) is 7.38. The van der Waals surface area contributed by atoms with Gasteiger partial charge in [0, 0.05) is 39.7 Å². The van der Waals surface area contributed by atoms with Crippen LogP contribution in [0.25, 0.3) is 5.00 Å². The smallest absolute Gasteiger partial charge is 0.266 e. The minimum absolute atomic E-state index is 0.00478. The van der Waals surface area contributed by atoms with E-state index in [1.165, 1.54) is 23.1 Å². The third-order valence-corrected chi connectivity index (χ3v) is 13.1. The fourth-order valence-electron chi connectivity index (χ4n) is 8.13. The molecule has 0 spiro atoms. The normalized spacial score (nSPS) is 16.5. The summed E-state index contributed by atoms with van der Waals surface area (Å²) in [4.78, 5) is 83.9. The van der Waals surface area contributed by atoms with Gasteiger partial charge in [0.25, 0.3) is 17.7 Å². The quantitative estimate of drug-likeness (QED) is 0.0776. The van der Waals surface area contributed by atoms with E-state index in [4.69, 9.17) is 21.3 Å². The number of halogens is 1. The van der Waals surface area contributed by atoms with Gasteiger partial charge >= 0.3 is 0 Å². The number of carbonyl (C=O) groups excluding carboxylic acids is 6. The van der Waals surface area contributed by atoms with Crippen molar-refractivity contribution in [2.45, 2.75) is 58.5 Å². The van der Waals surface area contributed by atoms with Crippen molar-refractivity contribution in [3.8, 4) is 10.8 Å². The number of benzene rings is 4. The average Bonchev–Trinajstić information content (AvgIpc) is 3.89. The molecule has 4 aromatic carbocycles. The van der Waals surface area contributed by atoms with Gasteiger partial charge < -0.3 is 15.4 Å². The Morgan fingerprint density at radius 2 is 1.58 bits per heavy atom. The van der Waals surface area contributed by atoms with Gasteiger partial charge in [0.2, 0.25) is 17.7 Å². The lowest BCUT2D eigenvalue weighted by atomic mass is 9.99. The van der Waals surface area contributed by atoms with Crippen LogP contribution in [0.15, 0.2) is 106 Å². The number of fused-ring (bicyclic) bond motifs is 4. The highest BCUT2D eigenvalue weighted by molar-refractivity contribution is 7.15. The summed E-state index contributed by atoms with van der Waals surface area (Å²) < 4.78 is 7.70. The number of azo groups is 1. The van der Waals surface area contributed by atoms with Crippen LogP contribution in [-0.2, 0) is 25.6 Å². The Bertz CT molecular complexity index is 3050. The third kappa shape index (κ3) is 9.13. The lowest BCUT2D eigenvalue weighted by Gasteiger charge is -2.27. The largest absolute Gasteiger partial charge is 0.483 e. The molecule has 0 radical (unpaired) electrons. The molecule has 3 aliphatic heterocycles. The van der Waals surface area contributed by atoms with Crippen molar-refractivity contribution in [1.82, 2.24) is 30.3 Å². The second kappa shape index (κ2) is 18.7. The van der Waals surface area contributed by atoms with Crippen LogP contribution >= 0.6 is 22.9 Å². The minimum Gasteiger partial charge on any atom is -0.483 e. The number of anilines is 1. The van der Waals surface area contributed by atoms with Crippen LogP contribution in [0.3, 0.4) is 0 Å². The SMILES string of the molecule is Cc1sc2c(c1C)C(c1ccc(Cl)cc1)=N[C@@H](CC(=O)NCCc1ccc(/N=N/c3ccc(NC(=O)COc4cccc5c4C(=O)N(C4CCC(=O)NC4=O)C5=O)cc3)cc1)c1nnc(C)n1-2. The zero-order valence-corrected chi connectivity index (χ0v) is 37.9. The van der Waals surface area contributed by atoms with Crippen molar-refractivity contribution >= 4 is 81.2 Å². The van der Waals surface area contributed by atoms with Crippen LogP contribution in [0.4, 0.5) is 17.1 Å². The molecule has 0 bridgehead atoms. The van der Waals surface area contributed by atoms with Crippen molar-refractivity contribution in [2.24, 2.45) is 15.2 Å². The van der Waals surface area contributed by atoms with Crippen molar-refractivity contribution in [2.75, 3.05) is 18.5 Å². The van der Waals surface area contributed by atoms with Crippen molar-refractivity contribution in [1.29, 1.82) is 0 Å². The average molecular weight is 937 g/mol. The van der Waals surface area contributed by atoms with Crippen LogP contribution in [0.5, 0.6) is 5.75 Å². The van der Waals surface area contributed by atoms with Gasteiger partial charge in [-0.15, -0.1) is 21.5 Å². The lowest BCUT2D eigenvalue weighted by Crippen LogP contribution is -2.54. The molecule has 6 amide bonds. The highest BCUT2D eigenvalue weighted by Gasteiger charge is 2.46. The Labute approximate surface area is 392 Å². The molecule has 2 aromatic heterocycles. The summed E-state index contributed by atoms with van der Waals surface area (Å²) in [6, 6.07) is 24.5. The van der Waals surface area contributed by atoms with E-state index in [0.29, 0.717) is 40.9 Å². The fourth-order valence-corrected chi connectivity index (χ4v) is 9.47. The second-order valence-corrected chi connectivity index (χ2v) is 17.7. The standard InChI is InChI=1S/C48H41ClN10O7S/c1-25-26(2)67-48-41(25)43(29-9-11-30(49)12-10-29)52-35(44-57-54-27(3)58(44)48)23-39(61)50-22-21-28-7-13-32(14-8-28)55-56-33-17-15-31(16-18-33)51-40(62)24-66-37-6-4-5-34-42(37)47(65)59(46(34)64)36-19-20-38(60)53-45(36)63/h4-18,35-36H,19-24H2,1-3H3,(H,50,61)(H,51,62)(H,53,60,63)/b56-55+/t35-,36?/m0/s1. The maximum Gasteiger partial charge on any atom is 0.266 e. The number of thiophene rings is 1. The van der Waals surface area contributed by atoms with Crippen LogP contribution < -0.4 is 20.7 Å². The molecule has 3 aliphatic rings. The summed E-state index contributed by atoms with van der Waals surface area (Å²) in [5.74, 6) is -1.93.